The number of tetrazole rings is 1. The summed E-state index contributed by atoms with van der Waals surface area (Å²) in [5.74, 6) is 0.108. The maximum Gasteiger partial charge on any atom is 0.338 e. The monoisotopic (exact) mass is 385 g/mol. The lowest BCUT2D eigenvalue weighted by atomic mass is 10.1. The van der Waals surface area contributed by atoms with E-state index in [-0.39, 0.29) is 12.1 Å². The molecule has 1 aromatic carbocycles. The third-order valence-corrected chi connectivity index (χ3v) is 4.76. The molecule has 0 saturated carbocycles. The number of rotatable bonds is 8. The SMILES string of the molecule is CCCCc1nc(Cn2nnc(-c3cccc(C(=O)OC(C)C)c3)n2)cs1. The first-order valence-electron chi connectivity index (χ1n) is 9.07. The van der Waals surface area contributed by atoms with Gasteiger partial charge in [0.2, 0.25) is 5.82 Å². The predicted molar refractivity (Wildman–Crippen MR) is 104 cm³/mol. The quantitative estimate of drug-likeness (QED) is 0.549. The number of ether oxygens (including phenoxy) is 1. The van der Waals surface area contributed by atoms with Gasteiger partial charge in [-0.2, -0.15) is 4.80 Å². The summed E-state index contributed by atoms with van der Waals surface area (Å²) in [4.78, 5) is 18.2. The van der Waals surface area contributed by atoms with Gasteiger partial charge < -0.3 is 4.74 Å². The van der Waals surface area contributed by atoms with Crippen molar-refractivity contribution in [3.8, 4) is 11.4 Å². The van der Waals surface area contributed by atoms with Crippen molar-refractivity contribution in [1.82, 2.24) is 25.2 Å². The Morgan fingerprint density at radius 2 is 2.19 bits per heavy atom. The molecule has 0 aliphatic rings. The number of aromatic nitrogens is 5. The van der Waals surface area contributed by atoms with Crippen LogP contribution in [0.2, 0.25) is 0 Å². The lowest BCUT2D eigenvalue weighted by Crippen LogP contribution is -2.11. The molecule has 0 amide bonds. The molecule has 142 valence electrons. The Balaban J connectivity index is 1.70. The predicted octanol–water partition coefficient (Wildman–Crippen LogP) is 3.75. The summed E-state index contributed by atoms with van der Waals surface area (Å²) in [6.45, 7) is 6.29. The van der Waals surface area contributed by atoms with Crippen molar-refractivity contribution in [2.75, 3.05) is 0 Å². The van der Waals surface area contributed by atoms with Crippen LogP contribution in [0.15, 0.2) is 29.6 Å². The number of carbonyl (C=O) groups excluding carboxylic acids is 1. The number of carbonyl (C=O) groups is 1. The summed E-state index contributed by atoms with van der Waals surface area (Å²) in [6.07, 6.45) is 3.15. The third kappa shape index (κ3) is 5.19. The van der Waals surface area contributed by atoms with Crippen LogP contribution in [0.4, 0.5) is 0 Å². The average molecular weight is 385 g/mol. The molecule has 2 heterocycles. The van der Waals surface area contributed by atoms with Gasteiger partial charge in [-0.1, -0.05) is 25.5 Å². The Labute approximate surface area is 162 Å². The molecule has 0 spiro atoms. The highest BCUT2D eigenvalue weighted by atomic mass is 32.1. The molecule has 0 fully saturated rings. The molecule has 0 bridgehead atoms. The van der Waals surface area contributed by atoms with Crippen LogP contribution in [0, 0.1) is 0 Å². The topological polar surface area (TPSA) is 82.8 Å². The Morgan fingerprint density at radius 3 is 2.96 bits per heavy atom. The van der Waals surface area contributed by atoms with Gasteiger partial charge in [-0.25, -0.2) is 9.78 Å². The Morgan fingerprint density at radius 1 is 1.33 bits per heavy atom. The van der Waals surface area contributed by atoms with Crippen LogP contribution < -0.4 is 0 Å². The number of esters is 1. The Hall–Kier alpha value is -2.61. The molecule has 3 aromatic rings. The first-order chi connectivity index (χ1) is 13.0. The van der Waals surface area contributed by atoms with E-state index < -0.39 is 0 Å². The molecule has 0 atom stereocenters. The van der Waals surface area contributed by atoms with Gasteiger partial charge in [-0.05, 0) is 44.0 Å². The van der Waals surface area contributed by atoms with Crippen LogP contribution in [0.3, 0.4) is 0 Å². The molecule has 27 heavy (non-hydrogen) atoms. The van der Waals surface area contributed by atoms with Gasteiger partial charge in [-0.15, -0.1) is 21.5 Å². The molecule has 0 N–H and O–H groups in total. The van der Waals surface area contributed by atoms with E-state index in [0.717, 1.165) is 35.5 Å². The third-order valence-electron chi connectivity index (χ3n) is 3.80. The highest BCUT2D eigenvalue weighted by Crippen LogP contribution is 2.17. The molecule has 7 nitrogen and oxygen atoms in total. The standard InChI is InChI=1S/C19H23N5O2S/c1-4-5-9-17-20-16(12-27-17)11-24-22-18(21-23-24)14-7-6-8-15(10-14)19(25)26-13(2)3/h6-8,10,12-13H,4-5,9,11H2,1-3H3. The molecule has 0 radical (unpaired) electrons. The molecule has 0 unspecified atom stereocenters. The second-order valence-electron chi connectivity index (χ2n) is 6.51. The lowest BCUT2D eigenvalue weighted by Gasteiger charge is -2.08. The average Bonchev–Trinajstić information content (AvgIpc) is 3.29. The smallest absolute Gasteiger partial charge is 0.338 e. The van der Waals surface area contributed by atoms with E-state index in [2.05, 4.69) is 27.3 Å². The largest absolute Gasteiger partial charge is 0.459 e. The number of aryl methyl sites for hydroxylation is 1. The van der Waals surface area contributed by atoms with E-state index in [1.54, 1.807) is 29.5 Å². The fraction of sp³-hybridized carbons (Fsp3) is 0.421. The van der Waals surface area contributed by atoms with Crippen LogP contribution in [0.1, 0.15) is 54.7 Å². The number of hydrogen-bond acceptors (Lipinski definition) is 7. The number of thiazole rings is 1. The highest BCUT2D eigenvalue weighted by molar-refractivity contribution is 7.09. The molecule has 0 aliphatic heterocycles. The summed E-state index contributed by atoms with van der Waals surface area (Å²) in [5.41, 5.74) is 2.13. The number of benzene rings is 1. The summed E-state index contributed by atoms with van der Waals surface area (Å²) in [5, 5.41) is 15.8. The van der Waals surface area contributed by atoms with E-state index in [9.17, 15) is 4.79 Å². The Bertz CT molecular complexity index is 903. The van der Waals surface area contributed by atoms with Crippen LogP contribution in [-0.4, -0.2) is 37.3 Å². The summed E-state index contributed by atoms with van der Waals surface area (Å²) in [7, 11) is 0. The Kier molecular flexibility index (Phi) is 6.28. The lowest BCUT2D eigenvalue weighted by molar-refractivity contribution is 0.0378. The van der Waals surface area contributed by atoms with Crippen molar-refractivity contribution in [3.63, 3.8) is 0 Å². The van der Waals surface area contributed by atoms with Gasteiger partial charge in [0.25, 0.3) is 0 Å². The van der Waals surface area contributed by atoms with Crippen molar-refractivity contribution in [2.24, 2.45) is 0 Å². The van der Waals surface area contributed by atoms with Crippen molar-refractivity contribution >= 4 is 17.3 Å². The number of unbranched alkanes of at least 4 members (excludes halogenated alkanes) is 1. The minimum Gasteiger partial charge on any atom is -0.459 e. The van der Waals surface area contributed by atoms with Gasteiger partial charge in [0.15, 0.2) is 0 Å². The maximum atomic E-state index is 12.1. The molecule has 2 aromatic heterocycles. The first-order valence-corrected chi connectivity index (χ1v) is 9.95. The zero-order valence-electron chi connectivity index (χ0n) is 15.8. The van der Waals surface area contributed by atoms with E-state index in [0.29, 0.717) is 17.9 Å². The van der Waals surface area contributed by atoms with Gasteiger partial charge >= 0.3 is 5.97 Å². The second-order valence-corrected chi connectivity index (χ2v) is 7.46. The van der Waals surface area contributed by atoms with E-state index >= 15 is 0 Å². The molecule has 0 aliphatic carbocycles. The van der Waals surface area contributed by atoms with Crippen LogP contribution >= 0.6 is 11.3 Å². The number of nitrogens with zero attached hydrogens (tertiary/aromatic N) is 5. The van der Waals surface area contributed by atoms with Gasteiger partial charge in [-0.3, -0.25) is 0 Å². The minimum absolute atomic E-state index is 0.166. The van der Waals surface area contributed by atoms with E-state index in [4.69, 9.17) is 4.74 Å². The fourth-order valence-electron chi connectivity index (χ4n) is 2.50. The van der Waals surface area contributed by atoms with Crippen LogP contribution in [-0.2, 0) is 17.7 Å². The van der Waals surface area contributed by atoms with Crippen molar-refractivity contribution in [2.45, 2.75) is 52.7 Å². The molecular formula is C19H23N5O2S. The first kappa shape index (κ1) is 19.2. The summed E-state index contributed by atoms with van der Waals surface area (Å²) < 4.78 is 5.23. The number of hydrogen-bond donors (Lipinski definition) is 0. The van der Waals surface area contributed by atoms with Crippen LogP contribution in [0.5, 0.6) is 0 Å². The highest BCUT2D eigenvalue weighted by Gasteiger charge is 2.13. The summed E-state index contributed by atoms with van der Waals surface area (Å²) >= 11 is 1.67. The maximum absolute atomic E-state index is 12.1. The van der Waals surface area contributed by atoms with Crippen molar-refractivity contribution in [3.05, 3.63) is 45.9 Å². The minimum atomic E-state index is -0.360. The van der Waals surface area contributed by atoms with Crippen molar-refractivity contribution < 1.29 is 9.53 Å². The second kappa shape index (κ2) is 8.85. The zero-order valence-corrected chi connectivity index (χ0v) is 16.6. The van der Waals surface area contributed by atoms with Gasteiger partial charge in [0, 0.05) is 10.9 Å². The fourth-order valence-corrected chi connectivity index (χ4v) is 3.33. The zero-order chi connectivity index (χ0) is 19.2. The summed E-state index contributed by atoms with van der Waals surface area (Å²) in [6, 6.07) is 7.07. The van der Waals surface area contributed by atoms with E-state index in [1.807, 2.05) is 25.3 Å². The molecular weight excluding hydrogens is 362 g/mol. The van der Waals surface area contributed by atoms with Crippen molar-refractivity contribution in [1.29, 1.82) is 0 Å². The van der Waals surface area contributed by atoms with Crippen LogP contribution in [0.25, 0.3) is 11.4 Å². The molecule has 0 saturated heterocycles. The van der Waals surface area contributed by atoms with Gasteiger partial charge in [0.05, 0.1) is 22.4 Å². The van der Waals surface area contributed by atoms with Gasteiger partial charge in [0.1, 0.15) is 6.54 Å². The molecule has 8 heteroatoms. The molecule has 3 rings (SSSR count). The van der Waals surface area contributed by atoms with E-state index in [1.165, 1.54) is 4.80 Å². The normalized spacial score (nSPS) is 11.1.